The van der Waals surface area contributed by atoms with Gasteiger partial charge in [0.05, 0.1) is 6.20 Å². The zero-order valence-corrected chi connectivity index (χ0v) is 9.62. The first kappa shape index (κ1) is 11.5. The third kappa shape index (κ3) is 3.25. The summed E-state index contributed by atoms with van der Waals surface area (Å²) in [7, 11) is 0. The molecule has 0 aliphatic carbocycles. The van der Waals surface area contributed by atoms with Gasteiger partial charge in [0.1, 0.15) is 5.82 Å². The Morgan fingerprint density at radius 1 is 1.56 bits per heavy atom. The van der Waals surface area contributed by atoms with E-state index in [0.29, 0.717) is 6.04 Å². The molecule has 1 unspecified atom stereocenters. The molecule has 1 saturated heterocycles. The van der Waals surface area contributed by atoms with Crippen LogP contribution in [0.3, 0.4) is 0 Å². The molecule has 16 heavy (non-hydrogen) atoms. The van der Waals surface area contributed by atoms with Crippen LogP contribution in [-0.2, 0) is 6.54 Å². The highest BCUT2D eigenvalue weighted by Crippen LogP contribution is 2.08. The van der Waals surface area contributed by atoms with Gasteiger partial charge in [-0.15, -0.1) is 0 Å². The molecule has 0 spiro atoms. The third-order valence-electron chi connectivity index (χ3n) is 2.84. The fourth-order valence-electron chi connectivity index (χ4n) is 2.14. The van der Waals surface area contributed by atoms with E-state index in [0.717, 1.165) is 38.2 Å². The van der Waals surface area contributed by atoms with E-state index in [4.69, 9.17) is 0 Å². The molecule has 1 atom stereocenters. The van der Waals surface area contributed by atoms with Gasteiger partial charge < -0.3 is 5.32 Å². The van der Waals surface area contributed by atoms with Gasteiger partial charge in [-0.2, -0.15) is 0 Å². The van der Waals surface area contributed by atoms with Crippen LogP contribution in [0, 0.1) is 5.82 Å². The van der Waals surface area contributed by atoms with Crippen LogP contribution < -0.4 is 5.32 Å². The van der Waals surface area contributed by atoms with E-state index in [9.17, 15) is 4.39 Å². The van der Waals surface area contributed by atoms with Crippen LogP contribution in [-0.4, -0.2) is 35.6 Å². The summed E-state index contributed by atoms with van der Waals surface area (Å²) in [6.45, 7) is 6.11. The predicted molar refractivity (Wildman–Crippen MR) is 61.6 cm³/mol. The lowest BCUT2D eigenvalue weighted by molar-refractivity contribution is 0.264. The fourth-order valence-corrected chi connectivity index (χ4v) is 2.14. The molecule has 1 N–H and O–H groups in total. The number of aromatic nitrogens is 1. The first-order valence-corrected chi connectivity index (χ1v) is 5.79. The van der Waals surface area contributed by atoms with Gasteiger partial charge in [0.2, 0.25) is 0 Å². The summed E-state index contributed by atoms with van der Waals surface area (Å²) in [6, 6.07) is 2.07. The Kier molecular flexibility index (Phi) is 3.85. The summed E-state index contributed by atoms with van der Waals surface area (Å²) in [4.78, 5) is 6.22. The smallest absolute Gasteiger partial charge is 0.141 e. The number of pyridine rings is 1. The van der Waals surface area contributed by atoms with Gasteiger partial charge in [-0.05, 0) is 38.1 Å². The van der Waals surface area contributed by atoms with E-state index in [1.54, 1.807) is 12.3 Å². The SMILES string of the molecule is CC1CN(Cc2cncc(F)c2)CCCN1. The zero-order chi connectivity index (χ0) is 11.4. The first-order valence-electron chi connectivity index (χ1n) is 5.79. The minimum Gasteiger partial charge on any atom is -0.313 e. The lowest BCUT2D eigenvalue weighted by atomic mass is 10.2. The summed E-state index contributed by atoms with van der Waals surface area (Å²) in [5.74, 6) is -0.251. The maximum atomic E-state index is 13.0. The van der Waals surface area contributed by atoms with Crippen LogP contribution in [0.2, 0.25) is 0 Å². The number of halogens is 1. The molecular weight excluding hydrogens is 205 g/mol. The van der Waals surface area contributed by atoms with Crippen molar-refractivity contribution in [3.8, 4) is 0 Å². The van der Waals surface area contributed by atoms with E-state index in [-0.39, 0.29) is 5.82 Å². The van der Waals surface area contributed by atoms with Crippen molar-refractivity contribution in [3.63, 3.8) is 0 Å². The Hall–Kier alpha value is -1.00. The van der Waals surface area contributed by atoms with Crippen LogP contribution in [0.25, 0.3) is 0 Å². The molecule has 1 aromatic heterocycles. The molecule has 0 bridgehead atoms. The van der Waals surface area contributed by atoms with E-state index in [1.165, 1.54) is 6.20 Å². The topological polar surface area (TPSA) is 28.2 Å². The standard InChI is InChI=1S/C12H18FN3/c1-10-8-16(4-2-3-15-10)9-11-5-12(13)7-14-6-11/h5-7,10,15H,2-4,8-9H2,1H3. The highest BCUT2D eigenvalue weighted by atomic mass is 19.1. The van der Waals surface area contributed by atoms with Crippen LogP contribution in [0.1, 0.15) is 18.9 Å². The van der Waals surface area contributed by atoms with E-state index in [2.05, 4.69) is 22.1 Å². The highest BCUT2D eigenvalue weighted by molar-refractivity contribution is 5.10. The zero-order valence-electron chi connectivity index (χ0n) is 9.62. The molecule has 0 saturated carbocycles. The molecule has 2 rings (SSSR count). The summed E-state index contributed by atoms with van der Waals surface area (Å²) in [5.41, 5.74) is 0.953. The molecule has 3 nitrogen and oxygen atoms in total. The van der Waals surface area contributed by atoms with Crippen LogP contribution >= 0.6 is 0 Å². The normalized spacial score (nSPS) is 23.0. The lowest BCUT2D eigenvalue weighted by Crippen LogP contribution is -2.34. The second-order valence-electron chi connectivity index (χ2n) is 4.46. The van der Waals surface area contributed by atoms with Crippen LogP contribution in [0.4, 0.5) is 4.39 Å². The van der Waals surface area contributed by atoms with Gasteiger partial charge >= 0.3 is 0 Å². The number of nitrogens with zero attached hydrogens (tertiary/aromatic N) is 2. The molecule has 0 aromatic carbocycles. The Morgan fingerprint density at radius 2 is 2.44 bits per heavy atom. The van der Waals surface area contributed by atoms with Crippen molar-refractivity contribution in [2.75, 3.05) is 19.6 Å². The fraction of sp³-hybridized carbons (Fsp3) is 0.583. The average molecular weight is 223 g/mol. The monoisotopic (exact) mass is 223 g/mol. The van der Waals surface area contributed by atoms with Crippen molar-refractivity contribution in [2.24, 2.45) is 0 Å². The van der Waals surface area contributed by atoms with Crippen molar-refractivity contribution >= 4 is 0 Å². The molecule has 88 valence electrons. The van der Waals surface area contributed by atoms with Gasteiger partial charge in [0, 0.05) is 25.3 Å². The lowest BCUT2D eigenvalue weighted by Gasteiger charge is -2.22. The Bertz CT molecular complexity index is 343. The van der Waals surface area contributed by atoms with Gasteiger partial charge in [-0.1, -0.05) is 0 Å². The number of nitrogens with one attached hydrogen (secondary N) is 1. The Labute approximate surface area is 95.7 Å². The maximum Gasteiger partial charge on any atom is 0.141 e. The largest absolute Gasteiger partial charge is 0.313 e. The van der Waals surface area contributed by atoms with Gasteiger partial charge in [0.25, 0.3) is 0 Å². The van der Waals surface area contributed by atoms with Crippen molar-refractivity contribution in [3.05, 3.63) is 29.8 Å². The highest BCUT2D eigenvalue weighted by Gasteiger charge is 2.14. The summed E-state index contributed by atoms with van der Waals surface area (Å²) in [5, 5.41) is 3.44. The first-order chi connectivity index (χ1) is 7.74. The molecule has 4 heteroatoms. The number of hydrogen-bond acceptors (Lipinski definition) is 3. The van der Waals surface area contributed by atoms with E-state index < -0.39 is 0 Å². The second kappa shape index (κ2) is 5.37. The maximum absolute atomic E-state index is 13.0. The van der Waals surface area contributed by atoms with Crippen molar-refractivity contribution in [1.82, 2.24) is 15.2 Å². The van der Waals surface area contributed by atoms with E-state index >= 15 is 0 Å². The van der Waals surface area contributed by atoms with Crippen molar-refractivity contribution < 1.29 is 4.39 Å². The molecule has 1 aliphatic heterocycles. The molecule has 1 aliphatic rings. The van der Waals surface area contributed by atoms with Crippen molar-refractivity contribution in [1.29, 1.82) is 0 Å². The van der Waals surface area contributed by atoms with Crippen molar-refractivity contribution in [2.45, 2.75) is 25.9 Å². The molecular formula is C12H18FN3. The molecule has 1 fully saturated rings. The summed E-state index contributed by atoms with van der Waals surface area (Å²) >= 11 is 0. The Morgan fingerprint density at radius 3 is 3.25 bits per heavy atom. The summed E-state index contributed by atoms with van der Waals surface area (Å²) < 4.78 is 13.0. The molecule has 1 aromatic rings. The number of hydrogen-bond donors (Lipinski definition) is 1. The minimum absolute atomic E-state index is 0.251. The van der Waals surface area contributed by atoms with Crippen LogP contribution in [0.5, 0.6) is 0 Å². The second-order valence-corrected chi connectivity index (χ2v) is 4.46. The third-order valence-corrected chi connectivity index (χ3v) is 2.84. The molecule has 0 radical (unpaired) electrons. The molecule has 0 amide bonds. The minimum atomic E-state index is -0.251. The Balaban J connectivity index is 1.97. The molecule has 2 heterocycles. The van der Waals surface area contributed by atoms with E-state index in [1.807, 2.05) is 0 Å². The van der Waals surface area contributed by atoms with Crippen LogP contribution in [0.15, 0.2) is 18.5 Å². The number of rotatable bonds is 2. The quantitative estimate of drug-likeness (QED) is 0.821. The summed E-state index contributed by atoms with van der Waals surface area (Å²) in [6.07, 6.45) is 4.13. The predicted octanol–water partition coefficient (Wildman–Crippen LogP) is 1.40. The van der Waals surface area contributed by atoms with Gasteiger partial charge in [0.15, 0.2) is 0 Å². The van der Waals surface area contributed by atoms with Gasteiger partial charge in [-0.3, -0.25) is 9.88 Å². The average Bonchev–Trinajstić information content (AvgIpc) is 2.43. The van der Waals surface area contributed by atoms with Gasteiger partial charge in [-0.25, -0.2) is 4.39 Å².